The average Bonchev–Trinajstić information content (AvgIpc) is 2.94. The molecule has 0 saturated heterocycles. The van der Waals surface area contributed by atoms with Gasteiger partial charge in [0.25, 0.3) is 0 Å². The molecule has 0 aliphatic heterocycles. The van der Waals surface area contributed by atoms with Crippen molar-refractivity contribution in [1.29, 1.82) is 0 Å². The van der Waals surface area contributed by atoms with Crippen LogP contribution >= 0.6 is 7.82 Å². The van der Waals surface area contributed by atoms with E-state index in [1.165, 1.54) is 51.4 Å². The molecule has 2 aromatic carbocycles. The van der Waals surface area contributed by atoms with Gasteiger partial charge in [-0.15, -0.1) is 0 Å². The molecule has 0 aliphatic rings. The van der Waals surface area contributed by atoms with Crippen LogP contribution in [-0.4, -0.2) is 18.6 Å². The molecule has 40 heavy (non-hydrogen) atoms. The van der Waals surface area contributed by atoms with Crippen LogP contribution in [0.4, 0.5) is 0 Å². The Bertz CT molecular complexity index is 1000. The minimum absolute atomic E-state index is 0.154. The highest BCUT2D eigenvalue weighted by atomic mass is 31.2. The van der Waals surface area contributed by atoms with Gasteiger partial charge in [0.15, 0.2) is 0 Å². The molecule has 1 amide bonds. The minimum Gasteiger partial charge on any atom is -0.790 e. The van der Waals surface area contributed by atoms with Crippen molar-refractivity contribution in [3.8, 4) is 11.1 Å². The topological polar surface area (TPSA) is 102 Å². The first-order chi connectivity index (χ1) is 19.4. The Kier molecular flexibility index (Phi) is 17.5. The van der Waals surface area contributed by atoms with Crippen LogP contribution in [0.2, 0.25) is 0 Å². The Morgan fingerprint density at radius 2 is 1.35 bits per heavy atom. The molecule has 2 aromatic rings. The van der Waals surface area contributed by atoms with Gasteiger partial charge in [-0.05, 0) is 55.2 Å². The molecule has 1 atom stereocenters. The van der Waals surface area contributed by atoms with E-state index in [2.05, 4.69) is 28.9 Å². The molecule has 0 aromatic heterocycles. The zero-order chi connectivity index (χ0) is 28.9. The number of phosphoric ester groups is 1. The maximum atomic E-state index is 12.5. The number of unbranched alkanes of at least 4 members (excludes halogenated alkanes) is 11. The Morgan fingerprint density at radius 3 is 1.95 bits per heavy atom. The van der Waals surface area contributed by atoms with Crippen molar-refractivity contribution < 1.29 is 23.7 Å². The van der Waals surface area contributed by atoms with Crippen molar-refractivity contribution in [3.63, 3.8) is 0 Å². The third-order valence-electron chi connectivity index (χ3n) is 7.01. The lowest BCUT2D eigenvalue weighted by molar-refractivity contribution is -0.342. The van der Waals surface area contributed by atoms with E-state index in [1.54, 1.807) is 0 Å². The van der Waals surface area contributed by atoms with Gasteiger partial charge < -0.3 is 24.2 Å². The Morgan fingerprint density at radius 1 is 0.800 bits per heavy atom. The Hall–Kier alpha value is -2.24. The largest absolute Gasteiger partial charge is 0.790 e. The number of allylic oxidation sites excluding steroid dienone is 2. The number of phosphoric acid groups is 1. The van der Waals surface area contributed by atoms with Crippen LogP contribution in [0.3, 0.4) is 0 Å². The first kappa shape index (κ1) is 34.0. The lowest BCUT2D eigenvalue weighted by Crippen LogP contribution is -2.40. The van der Waals surface area contributed by atoms with Gasteiger partial charge in [0.1, 0.15) is 0 Å². The molecule has 7 heteroatoms. The quantitative estimate of drug-likeness (QED) is 0.0913. The number of nitrogens with one attached hydrogen (secondary N) is 1. The van der Waals surface area contributed by atoms with Crippen molar-refractivity contribution in [2.45, 2.75) is 109 Å². The van der Waals surface area contributed by atoms with E-state index in [0.29, 0.717) is 12.8 Å². The van der Waals surface area contributed by atoms with E-state index < -0.39 is 13.9 Å². The van der Waals surface area contributed by atoms with Gasteiger partial charge in [-0.1, -0.05) is 125 Å². The number of rotatable bonds is 22. The molecular formula is C33H48NO5P-2. The minimum atomic E-state index is -5.13. The summed E-state index contributed by atoms with van der Waals surface area (Å²) in [5.41, 5.74) is 3.08. The van der Waals surface area contributed by atoms with Crippen molar-refractivity contribution in [2.24, 2.45) is 0 Å². The summed E-state index contributed by atoms with van der Waals surface area (Å²) < 4.78 is 15.6. The van der Waals surface area contributed by atoms with Crippen molar-refractivity contribution in [3.05, 3.63) is 72.3 Å². The van der Waals surface area contributed by atoms with E-state index in [-0.39, 0.29) is 12.5 Å². The van der Waals surface area contributed by atoms with Gasteiger partial charge in [-0.3, -0.25) is 4.79 Å². The van der Waals surface area contributed by atoms with Crippen LogP contribution < -0.4 is 15.1 Å². The fourth-order valence-corrected chi connectivity index (χ4v) is 5.10. The van der Waals surface area contributed by atoms with E-state index in [9.17, 15) is 19.1 Å². The molecule has 1 N–H and O–H groups in total. The molecule has 222 valence electrons. The summed E-state index contributed by atoms with van der Waals surface area (Å²) in [7, 11) is -5.13. The lowest BCUT2D eigenvalue weighted by Gasteiger charge is -2.31. The molecule has 0 spiro atoms. The molecule has 0 heterocycles. The third kappa shape index (κ3) is 16.8. The second-order valence-corrected chi connectivity index (χ2v) is 11.8. The van der Waals surface area contributed by atoms with Gasteiger partial charge in [0.2, 0.25) is 5.91 Å². The van der Waals surface area contributed by atoms with E-state index in [0.717, 1.165) is 48.8 Å². The molecule has 0 bridgehead atoms. The van der Waals surface area contributed by atoms with E-state index in [4.69, 9.17) is 0 Å². The average molecular weight is 570 g/mol. The van der Waals surface area contributed by atoms with Crippen LogP contribution in [0.1, 0.15) is 102 Å². The summed E-state index contributed by atoms with van der Waals surface area (Å²) in [5.74, 6) is -0.154. The standard InChI is InChI=1S/C33H50NO5P/c1-2-3-4-5-6-7-8-9-10-11-12-13-14-15-19-22-33(35)34-32(28-39-40(36,37)38)27-29-23-25-31(26-24-29)30-20-17-16-18-21-30/h9-10,16-18,20-21,23-26,32H,2-8,11-15,19,22,27-28H2,1H3,(H,34,35)(H2,36,37,38)/p-2/b10-9-/t32-/m1/s1. The predicted molar refractivity (Wildman–Crippen MR) is 161 cm³/mol. The molecule has 0 aliphatic carbocycles. The van der Waals surface area contributed by atoms with Crippen molar-refractivity contribution in [2.75, 3.05) is 6.61 Å². The lowest BCUT2D eigenvalue weighted by atomic mass is 10.0. The molecule has 0 saturated carbocycles. The zero-order valence-corrected chi connectivity index (χ0v) is 25.1. The second kappa shape index (κ2) is 20.6. The van der Waals surface area contributed by atoms with Crippen LogP contribution in [0.25, 0.3) is 11.1 Å². The number of benzene rings is 2. The molecule has 0 radical (unpaired) electrons. The fourth-order valence-electron chi connectivity index (χ4n) is 4.74. The molecule has 2 rings (SSSR count). The number of hydrogen-bond acceptors (Lipinski definition) is 5. The molecular weight excluding hydrogens is 521 g/mol. The van der Waals surface area contributed by atoms with Crippen molar-refractivity contribution in [1.82, 2.24) is 5.32 Å². The van der Waals surface area contributed by atoms with Gasteiger partial charge >= 0.3 is 0 Å². The van der Waals surface area contributed by atoms with Crippen LogP contribution in [0.15, 0.2) is 66.7 Å². The normalized spacial score (nSPS) is 12.6. The van der Waals surface area contributed by atoms with Gasteiger partial charge in [-0.2, -0.15) is 0 Å². The monoisotopic (exact) mass is 569 g/mol. The number of carbonyl (C=O) groups is 1. The molecule has 0 fully saturated rings. The number of amides is 1. The van der Waals surface area contributed by atoms with Crippen molar-refractivity contribution >= 4 is 13.7 Å². The highest BCUT2D eigenvalue weighted by Crippen LogP contribution is 2.25. The van der Waals surface area contributed by atoms with E-state index in [1.807, 2.05) is 54.6 Å². The van der Waals surface area contributed by atoms with E-state index >= 15 is 0 Å². The van der Waals surface area contributed by atoms with Crippen LogP contribution in [0, 0.1) is 0 Å². The van der Waals surface area contributed by atoms with Crippen LogP contribution in [-0.2, 0) is 20.3 Å². The summed E-state index contributed by atoms with van der Waals surface area (Å²) >= 11 is 0. The highest BCUT2D eigenvalue weighted by Gasteiger charge is 2.14. The molecule has 6 nitrogen and oxygen atoms in total. The summed E-state index contributed by atoms with van der Waals surface area (Å²) in [5, 5.41) is 2.86. The second-order valence-electron chi connectivity index (χ2n) is 10.6. The van der Waals surface area contributed by atoms with Crippen LogP contribution in [0.5, 0.6) is 0 Å². The first-order valence-electron chi connectivity index (χ1n) is 15.1. The third-order valence-corrected chi connectivity index (χ3v) is 7.47. The summed E-state index contributed by atoms with van der Waals surface area (Å²) in [6.45, 7) is 1.88. The number of hydrogen-bond donors (Lipinski definition) is 1. The number of carbonyl (C=O) groups excluding carboxylic acids is 1. The fraction of sp³-hybridized carbons (Fsp3) is 0.545. The Balaban J connectivity index is 1.64. The predicted octanol–water partition coefficient (Wildman–Crippen LogP) is 7.26. The van der Waals surface area contributed by atoms with Gasteiger partial charge in [0, 0.05) is 6.42 Å². The summed E-state index contributed by atoms with van der Waals surface area (Å²) in [4.78, 5) is 34.6. The van der Waals surface area contributed by atoms with Gasteiger partial charge in [-0.25, -0.2) is 0 Å². The highest BCUT2D eigenvalue weighted by molar-refractivity contribution is 7.43. The SMILES string of the molecule is CCCCCCCC/C=C\CCCCCCCC(=O)N[C@@H](COP(=O)([O-])[O-])Cc1ccc(-c2ccccc2)cc1. The summed E-state index contributed by atoms with van der Waals surface area (Å²) in [6.07, 6.45) is 20.9. The smallest absolute Gasteiger partial charge is 0.220 e. The summed E-state index contributed by atoms with van der Waals surface area (Å²) in [6, 6.07) is 17.2. The molecule has 0 unspecified atom stereocenters. The van der Waals surface area contributed by atoms with Gasteiger partial charge in [0.05, 0.1) is 20.5 Å². The first-order valence-corrected chi connectivity index (χ1v) is 16.6. The maximum Gasteiger partial charge on any atom is 0.220 e. The Labute approximate surface area is 241 Å². The zero-order valence-electron chi connectivity index (χ0n) is 24.2. The maximum absolute atomic E-state index is 12.5.